The lowest BCUT2D eigenvalue weighted by Crippen LogP contribution is -1.88. The number of rotatable bonds is 6. The first-order valence-electron chi connectivity index (χ1n) is 5.83. The minimum Gasteiger partial charge on any atom is -0.396 e. The van der Waals surface area contributed by atoms with E-state index in [1.54, 1.807) is 0 Å². The lowest BCUT2D eigenvalue weighted by Gasteiger charge is -2.02. The molecule has 4 N–H and O–H groups in total. The van der Waals surface area contributed by atoms with Crippen molar-refractivity contribution in [3.8, 4) is 0 Å². The molecule has 0 aliphatic rings. The molecule has 0 aromatic heterocycles. The van der Waals surface area contributed by atoms with Crippen LogP contribution in [0.5, 0.6) is 0 Å². The van der Waals surface area contributed by atoms with Crippen LogP contribution in [0, 0.1) is 5.92 Å². The first-order chi connectivity index (χ1) is 6.22. The third-order valence-corrected chi connectivity index (χ3v) is 2.24. The maximum atomic E-state index is 8.20. The van der Waals surface area contributed by atoms with Gasteiger partial charge in [0.05, 0.1) is 0 Å². The standard InChI is InChI=1S/C7H16.C5H12O.H3N/c1-4-6-7(3)5-2;1-2-3-4-5-6;/h7H,4-6H2,1-3H3;6H,2-5H2,1H3;1H3/t7-;;/m0../s1. The van der Waals surface area contributed by atoms with Gasteiger partial charge in [0.15, 0.2) is 0 Å². The van der Waals surface area contributed by atoms with Crippen molar-refractivity contribution < 1.29 is 5.11 Å². The highest BCUT2D eigenvalue weighted by atomic mass is 16.2. The zero-order valence-electron chi connectivity index (χ0n) is 10.7. The monoisotopic (exact) mass is 205 g/mol. The number of unbranched alkanes of at least 4 members (excludes halogenated alkanes) is 2. The average molecular weight is 205 g/mol. The highest BCUT2D eigenvalue weighted by Crippen LogP contribution is 2.07. The molecular weight excluding hydrogens is 174 g/mol. The summed E-state index contributed by atoms with van der Waals surface area (Å²) in [6.07, 6.45) is 7.41. The second kappa shape index (κ2) is 18.7. The van der Waals surface area contributed by atoms with Gasteiger partial charge >= 0.3 is 0 Å². The van der Waals surface area contributed by atoms with Crippen LogP contribution in [0.2, 0.25) is 0 Å². The molecule has 0 fully saturated rings. The molecule has 0 aliphatic heterocycles. The fourth-order valence-electron chi connectivity index (χ4n) is 1.06. The van der Waals surface area contributed by atoms with Gasteiger partial charge in [-0.2, -0.15) is 0 Å². The molecule has 0 saturated heterocycles. The van der Waals surface area contributed by atoms with Crippen LogP contribution in [0.3, 0.4) is 0 Å². The van der Waals surface area contributed by atoms with E-state index in [4.69, 9.17) is 5.11 Å². The topological polar surface area (TPSA) is 55.2 Å². The van der Waals surface area contributed by atoms with E-state index in [9.17, 15) is 0 Å². The van der Waals surface area contributed by atoms with Crippen LogP contribution in [0.1, 0.15) is 66.2 Å². The van der Waals surface area contributed by atoms with Crippen LogP contribution in [-0.2, 0) is 0 Å². The summed E-state index contributed by atoms with van der Waals surface area (Å²) < 4.78 is 0. The smallest absolute Gasteiger partial charge is 0.0431 e. The van der Waals surface area contributed by atoms with E-state index in [2.05, 4.69) is 27.7 Å². The van der Waals surface area contributed by atoms with Crippen molar-refractivity contribution in [2.24, 2.45) is 5.92 Å². The van der Waals surface area contributed by atoms with Crippen molar-refractivity contribution in [3.05, 3.63) is 0 Å². The van der Waals surface area contributed by atoms with Crippen LogP contribution >= 0.6 is 0 Å². The van der Waals surface area contributed by atoms with Crippen LogP contribution in [0.15, 0.2) is 0 Å². The molecule has 0 rings (SSSR count). The summed E-state index contributed by atoms with van der Waals surface area (Å²) in [6.45, 7) is 9.28. The first kappa shape index (κ1) is 19.5. The molecule has 2 heteroatoms. The Balaban J connectivity index is -0.000000163. The number of hydrogen-bond donors (Lipinski definition) is 2. The summed E-state index contributed by atoms with van der Waals surface area (Å²) in [4.78, 5) is 0. The van der Waals surface area contributed by atoms with Gasteiger partial charge in [-0.1, -0.05) is 59.8 Å². The highest BCUT2D eigenvalue weighted by molar-refractivity contribution is 4.45. The minimum atomic E-state index is 0. The molecular formula is C12H31NO. The molecule has 2 nitrogen and oxygen atoms in total. The summed E-state index contributed by atoms with van der Waals surface area (Å²) >= 11 is 0. The van der Waals surface area contributed by atoms with Gasteiger partial charge in [-0.3, -0.25) is 0 Å². The molecule has 14 heavy (non-hydrogen) atoms. The maximum absolute atomic E-state index is 8.20. The Morgan fingerprint density at radius 2 is 1.57 bits per heavy atom. The molecule has 90 valence electrons. The van der Waals surface area contributed by atoms with E-state index in [1.165, 1.54) is 25.7 Å². The minimum absolute atomic E-state index is 0. The predicted octanol–water partition coefficient (Wildman–Crippen LogP) is 4.16. The Morgan fingerprint density at radius 1 is 1.00 bits per heavy atom. The van der Waals surface area contributed by atoms with Crippen LogP contribution in [0.25, 0.3) is 0 Å². The van der Waals surface area contributed by atoms with Crippen molar-refractivity contribution in [3.63, 3.8) is 0 Å². The van der Waals surface area contributed by atoms with E-state index in [-0.39, 0.29) is 6.15 Å². The molecule has 0 aromatic rings. The zero-order chi connectivity index (χ0) is 10.5. The van der Waals surface area contributed by atoms with E-state index >= 15 is 0 Å². The van der Waals surface area contributed by atoms with Gasteiger partial charge < -0.3 is 11.3 Å². The molecule has 0 heterocycles. The summed E-state index contributed by atoms with van der Waals surface area (Å²) in [5.41, 5.74) is 0. The first-order valence-corrected chi connectivity index (χ1v) is 5.83. The van der Waals surface area contributed by atoms with E-state index in [0.717, 1.165) is 18.8 Å². The molecule has 0 unspecified atom stereocenters. The van der Waals surface area contributed by atoms with Crippen LogP contribution < -0.4 is 6.15 Å². The number of hydrogen-bond acceptors (Lipinski definition) is 2. The fraction of sp³-hybridized carbons (Fsp3) is 1.00. The van der Waals surface area contributed by atoms with Gasteiger partial charge in [0.1, 0.15) is 0 Å². The van der Waals surface area contributed by atoms with Gasteiger partial charge in [-0.15, -0.1) is 0 Å². The second-order valence-electron chi connectivity index (χ2n) is 3.73. The number of aliphatic hydroxyl groups is 1. The van der Waals surface area contributed by atoms with Gasteiger partial charge in [0, 0.05) is 6.61 Å². The SMILES string of the molecule is CCCCCO.CCC[C@@H](C)CC.N. The van der Waals surface area contributed by atoms with Crippen molar-refractivity contribution in [2.45, 2.75) is 66.2 Å². The largest absolute Gasteiger partial charge is 0.396 e. The van der Waals surface area contributed by atoms with E-state index in [1.807, 2.05) is 0 Å². The Bertz CT molecular complexity index is 72.7. The summed E-state index contributed by atoms with van der Waals surface area (Å²) in [5, 5.41) is 8.20. The Labute approximate surface area is 90.7 Å². The third-order valence-electron chi connectivity index (χ3n) is 2.24. The molecule has 0 spiro atoms. The zero-order valence-corrected chi connectivity index (χ0v) is 10.7. The molecule has 0 amide bonds. The van der Waals surface area contributed by atoms with Gasteiger partial charge in [-0.05, 0) is 12.3 Å². The van der Waals surface area contributed by atoms with Crippen molar-refractivity contribution >= 4 is 0 Å². The van der Waals surface area contributed by atoms with Crippen molar-refractivity contribution in [2.75, 3.05) is 6.61 Å². The Morgan fingerprint density at radius 3 is 1.71 bits per heavy atom. The fourth-order valence-corrected chi connectivity index (χ4v) is 1.06. The van der Waals surface area contributed by atoms with E-state index in [0.29, 0.717) is 6.61 Å². The quantitative estimate of drug-likeness (QED) is 0.640. The maximum Gasteiger partial charge on any atom is 0.0431 e. The third kappa shape index (κ3) is 22.7. The predicted molar refractivity (Wildman–Crippen MR) is 66.0 cm³/mol. The Kier molecular flexibility index (Phi) is 26.0. The van der Waals surface area contributed by atoms with Gasteiger partial charge in [0.25, 0.3) is 0 Å². The number of aliphatic hydroxyl groups excluding tert-OH is 1. The van der Waals surface area contributed by atoms with Crippen LogP contribution in [0.4, 0.5) is 0 Å². The lowest BCUT2D eigenvalue weighted by atomic mass is 10.0. The molecule has 0 aliphatic carbocycles. The lowest BCUT2D eigenvalue weighted by molar-refractivity contribution is 0.284. The van der Waals surface area contributed by atoms with Gasteiger partial charge in [0.2, 0.25) is 0 Å². The Hall–Kier alpha value is -0.0800. The average Bonchev–Trinajstić information content (AvgIpc) is 2.16. The van der Waals surface area contributed by atoms with Crippen LogP contribution in [-0.4, -0.2) is 11.7 Å². The van der Waals surface area contributed by atoms with Gasteiger partial charge in [-0.25, -0.2) is 0 Å². The molecule has 0 aromatic carbocycles. The second-order valence-corrected chi connectivity index (χ2v) is 3.73. The molecule has 0 radical (unpaired) electrons. The normalized spacial score (nSPS) is 10.9. The summed E-state index contributed by atoms with van der Waals surface area (Å²) in [6, 6.07) is 0. The molecule has 1 atom stereocenters. The summed E-state index contributed by atoms with van der Waals surface area (Å²) in [5.74, 6) is 0.949. The van der Waals surface area contributed by atoms with Crippen molar-refractivity contribution in [1.82, 2.24) is 6.15 Å². The molecule has 0 saturated carbocycles. The molecule has 0 bridgehead atoms. The highest BCUT2D eigenvalue weighted by Gasteiger charge is 1.92. The van der Waals surface area contributed by atoms with E-state index < -0.39 is 0 Å². The summed E-state index contributed by atoms with van der Waals surface area (Å²) in [7, 11) is 0. The van der Waals surface area contributed by atoms with Crippen molar-refractivity contribution in [1.29, 1.82) is 0 Å².